The van der Waals surface area contributed by atoms with Gasteiger partial charge < -0.3 is 54.2 Å². The number of carbonyl (C=O) groups is 4. The Balaban J connectivity index is 0.000000253. The number of nitrogens with two attached hydrogens (primary N) is 4. The molecular formula is C60H85N11O12S2. The number of ether oxygens (including phenoxy) is 4. The highest BCUT2D eigenvalue weighted by molar-refractivity contribution is 7.87. The Bertz CT molecular complexity index is 3420. The summed E-state index contributed by atoms with van der Waals surface area (Å²) in [6, 6.07) is 27.2. The van der Waals surface area contributed by atoms with E-state index >= 15 is 0 Å². The summed E-state index contributed by atoms with van der Waals surface area (Å²) in [4.78, 5) is 55.5. The molecule has 2 fully saturated rings. The Labute approximate surface area is 499 Å². The molecular weight excluding hydrogens is 1130 g/mol. The molecule has 85 heavy (non-hydrogen) atoms. The molecule has 2 aliphatic carbocycles. The smallest absolute Gasteiger partial charge is 0.337 e. The van der Waals surface area contributed by atoms with Crippen LogP contribution in [0, 0.1) is 0 Å². The van der Waals surface area contributed by atoms with E-state index in [1.54, 1.807) is 20.3 Å². The number of nitrogens with zero attached hydrogens (tertiary/aromatic N) is 4. The van der Waals surface area contributed by atoms with Gasteiger partial charge in [0.1, 0.15) is 24.6 Å². The number of carbonyl (C=O) groups excluding carboxylic acids is 4. The average Bonchev–Trinajstić information content (AvgIpc) is 1.64. The maximum Gasteiger partial charge on any atom is 0.337 e. The van der Waals surface area contributed by atoms with Gasteiger partial charge in [0.2, 0.25) is 11.8 Å². The quantitative estimate of drug-likeness (QED) is 0.0378. The van der Waals surface area contributed by atoms with Crippen LogP contribution < -0.4 is 46.0 Å². The van der Waals surface area contributed by atoms with Crippen molar-refractivity contribution in [2.24, 2.45) is 21.2 Å². The molecule has 0 bridgehead atoms. The maximum atomic E-state index is 13.4. The fourth-order valence-electron chi connectivity index (χ4n) is 11.3. The Kier molecular flexibility index (Phi) is 25.3. The van der Waals surface area contributed by atoms with E-state index in [4.69, 9.17) is 29.8 Å². The second-order valence-electron chi connectivity index (χ2n) is 21.4. The number of hydrogen-bond donors (Lipinski definition) is 7. The van der Waals surface area contributed by atoms with Gasteiger partial charge in [-0.05, 0) is 147 Å². The predicted molar refractivity (Wildman–Crippen MR) is 331 cm³/mol. The summed E-state index contributed by atoms with van der Waals surface area (Å²) in [6.07, 6.45) is 11.5. The fraction of sp³-hybridized carbons (Fsp3) is 0.467. The Morgan fingerprint density at radius 3 is 1.25 bits per heavy atom. The molecule has 0 aliphatic heterocycles. The Hall–Kier alpha value is -6.94. The molecule has 0 radical (unpaired) electrons. The monoisotopic (exact) mass is 1220 g/mol. The lowest BCUT2D eigenvalue weighted by Gasteiger charge is -2.24. The van der Waals surface area contributed by atoms with Crippen LogP contribution in [0.3, 0.4) is 0 Å². The number of benzene rings is 4. The van der Waals surface area contributed by atoms with Crippen LogP contribution in [-0.4, -0.2) is 154 Å². The lowest BCUT2D eigenvalue weighted by Crippen LogP contribution is -2.39. The van der Waals surface area contributed by atoms with Crippen molar-refractivity contribution in [3.05, 3.63) is 107 Å². The second-order valence-corrected chi connectivity index (χ2v) is 24.0. The number of hydrogen-bond acceptors (Lipinski definition) is 15. The van der Waals surface area contributed by atoms with Gasteiger partial charge in [0.05, 0.1) is 62.0 Å². The van der Waals surface area contributed by atoms with Crippen molar-refractivity contribution in [3.63, 3.8) is 0 Å². The molecule has 23 nitrogen and oxygen atoms in total. The van der Waals surface area contributed by atoms with Crippen molar-refractivity contribution in [2.45, 2.75) is 89.1 Å². The largest absolute Gasteiger partial charge is 0.497 e. The minimum absolute atomic E-state index is 0.0614. The summed E-state index contributed by atoms with van der Waals surface area (Å²) in [7, 11) is 2.45. The first-order valence-corrected chi connectivity index (χ1v) is 31.7. The van der Waals surface area contributed by atoms with E-state index in [1.807, 2.05) is 90.3 Å². The van der Waals surface area contributed by atoms with Gasteiger partial charge >= 0.3 is 11.9 Å². The molecule has 0 atom stereocenters. The molecule has 11 N–H and O–H groups in total. The lowest BCUT2D eigenvalue weighted by molar-refractivity contribution is -0.122. The number of likely N-dealkylation sites (N-methyl/N-ethyl adjacent to an activating group) is 2. The van der Waals surface area contributed by atoms with E-state index in [2.05, 4.69) is 47.2 Å². The van der Waals surface area contributed by atoms with Gasteiger partial charge in [0, 0.05) is 63.1 Å². The van der Waals surface area contributed by atoms with Crippen molar-refractivity contribution in [2.75, 3.05) is 94.9 Å². The number of esters is 2. The first-order chi connectivity index (χ1) is 40.6. The first-order valence-electron chi connectivity index (χ1n) is 28.5. The van der Waals surface area contributed by atoms with Crippen LogP contribution in [-0.2, 0) is 52.6 Å². The molecule has 464 valence electrons. The molecule has 0 spiro atoms. The first kappa shape index (κ1) is 67.2. The number of rotatable bonds is 24. The summed E-state index contributed by atoms with van der Waals surface area (Å²) < 4.78 is 67.7. The van der Waals surface area contributed by atoms with E-state index < -0.39 is 32.4 Å². The average molecular weight is 1220 g/mol. The Morgan fingerprint density at radius 1 is 0.541 bits per heavy atom. The highest BCUT2D eigenvalue weighted by Gasteiger charge is 2.30. The van der Waals surface area contributed by atoms with Crippen molar-refractivity contribution < 1.29 is 55.0 Å². The number of nitrogens with one attached hydrogen (secondary N) is 3. The third-order valence-corrected chi connectivity index (χ3v) is 16.0. The van der Waals surface area contributed by atoms with Gasteiger partial charge in [0.15, 0.2) is 0 Å². The molecule has 8 rings (SSSR count). The molecule has 2 aromatic heterocycles. The van der Waals surface area contributed by atoms with Gasteiger partial charge in [-0.1, -0.05) is 50.7 Å². The van der Waals surface area contributed by atoms with Crippen LogP contribution >= 0.6 is 0 Å². The van der Waals surface area contributed by atoms with E-state index in [-0.39, 0.29) is 31.4 Å². The number of fused-ring (bicyclic) bond motifs is 2. The summed E-state index contributed by atoms with van der Waals surface area (Å²) in [5, 5.41) is 21.4. The molecule has 2 amide bonds. The molecule has 0 saturated heterocycles. The van der Waals surface area contributed by atoms with Crippen LogP contribution in [0.2, 0.25) is 0 Å². The molecule has 4 aromatic carbocycles. The SMILES string of the molecule is COC(=O)c1ccc2c(C3CCCCC3)c(-c3ccc(OC)cc3)n(CC(=O)NCCN(C)CCN)c2c1.COC(=O)c1ccc2c(C3CCCCC3)c(-c3ccc(OC)cc3)n(CC(=O)NCCN(C)CCNS(N)(=O)=O)c2c1.NS(N)(=O)=O. The molecule has 2 heterocycles. The van der Waals surface area contributed by atoms with Gasteiger partial charge in [0.25, 0.3) is 20.4 Å². The standard InChI is InChI=1S/C30H41N5O6S.C30H40N4O4.H4N2O2S/c1-34(18-16-33-42(31,38)39)17-15-32-27(36)20-35-26-19-23(30(37)41-3)11-14-25(26)28(21-7-5-4-6-8-21)29(35)22-9-12-24(40-2)13-10-22;1-33(17-15-31)18-16-32-27(35)20-34-26-19-23(30(36)38-3)11-14-25(26)28(21-7-5-4-6-8-21)29(34)22-9-12-24(37-2)13-10-22;1-5(2,3)4/h9-14,19,21,33H,4-8,15-18,20H2,1-3H3,(H,32,36)(H2,31,38,39);9-14,19,21H,4-8,15-18,20,31H2,1-3H3,(H,32,35);(H4,1,2,3,4). The zero-order valence-corrected chi connectivity index (χ0v) is 51.3. The number of methoxy groups -OCH3 is 4. The summed E-state index contributed by atoms with van der Waals surface area (Å²) in [6.45, 7) is 4.35. The molecule has 25 heteroatoms. The van der Waals surface area contributed by atoms with E-state index in [9.17, 15) is 36.0 Å². The molecule has 0 unspecified atom stereocenters. The minimum atomic E-state index is -3.74. The van der Waals surface area contributed by atoms with Crippen molar-refractivity contribution in [1.29, 1.82) is 0 Å². The van der Waals surface area contributed by atoms with Crippen LogP contribution in [0.25, 0.3) is 44.3 Å². The number of aromatic nitrogens is 2. The number of amides is 2. The van der Waals surface area contributed by atoms with Gasteiger partial charge in [-0.3, -0.25) is 9.59 Å². The van der Waals surface area contributed by atoms with Gasteiger partial charge in [-0.2, -0.15) is 16.8 Å². The molecule has 2 saturated carbocycles. The predicted octanol–water partition coefficient (Wildman–Crippen LogP) is 5.30. The fourth-order valence-corrected chi connectivity index (χ4v) is 11.7. The van der Waals surface area contributed by atoms with Crippen LogP contribution in [0.1, 0.15) is 108 Å². The van der Waals surface area contributed by atoms with E-state index in [1.165, 1.54) is 51.0 Å². The highest BCUT2D eigenvalue weighted by Crippen LogP contribution is 2.46. The second kappa shape index (κ2) is 32.0. The normalized spacial score (nSPS) is 14.1. The Morgan fingerprint density at radius 2 is 0.906 bits per heavy atom. The van der Waals surface area contributed by atoms with Crippen molar-refractivity contribution >= 4 is 66.0 Å². The maximum absolute atomic E-state index is 13.4. The van der Waals surface area contributed by atoms with Gasteiger partial charge in [-0.15, -0.1) is 0 Å². The zero-order valence-electron chi connectivity index (χ0n) is 49.7. The van der Waals surface area contributed by atoms with Crippen molar-refractivity contribution in [1.82, 2.24) is 34.3 Å². The van der Waals surface area contributed by atoms with Gasteiger partial charge in [-0.25, -0.2) is 29.7 Å². The third kappa shape index (κ3) is 19.5. The third-order valence-electron chi connectivity index (χ3n) is 15.3. The lowest BCUT2D eigenvalue weighted by atomic mass is 9.82. The van der Waals surface area contributed by atoms with E-state index in [0.29, 0.717) is 55.7 Å². The van der Waals surface area contributed by atoms with Crippen LogP contribution in [0.15, 0.2) is 84.9 Å². The molecule has 6 aromatic rings. The topological polar surface area (TPSA) is 330 Å². The van der Waals surface area contributed by atoms with Crippen molar-refractivity contribution in [3.8, 4) is 34.0 Å². The highest BCUT2D eigenvalue weighted by atomic mass is 32.2. The zero-order chi connectivity index (χ0) is 61.8. The van der Waals surface area contributed by atoms with E-state index in [0.717, 1.165) is 107 Å². The molecule has 2 aliphatic rings. The summed E-state index contributed by atoms with van der Waals surface area (Å²) in [5.74, 6) is 1.19. The van der Waals surface area contributed by atoms with Crippen LogP contribution in [0.4, 0.5) is 0 Å². The summed E-state index contributed by atoms with van der Waals surface area (Å²) >= 11 is 0. The summed E-state index contributed by atoms with van der Waals surface area (Å²) in [5.41, 5.74) is 14.7. The minimum Gasteiger partial charge on any atom is -0.497 e. The van der Waals surface area contributed by atoms with Crippen LogP contribution in [0.5, 0.6) is 11.5 Å².